The van der Waals surface area contributed by atoms with Crippen LogP contribution in [0.1, 0.15) is 11.1 Å². The second-order valence-electron chi connectivity index (χ2n) is 5.49. The predicted octanol–water partition coefficient (Wildman–Crippen LogP) is 3.73. The van der Waals surface area contributed by atoms with Gasteiger partial charge in [-0.15, -0.1) is 0 Å². The molecule has 0 amide bonds. The van der Waals surface area contributed by atoms with E-state index >= 15 is 0 Å². The fourth-order valence-electron chi connectivity index (χ4n) is 2.27. The highest BCUT2D eigenvalue weighted by atomic mass is 19.1. The summed E-state index contributed by atoms with van der Waals surface area (Å²) in [5.41, 5.74) is 3.08. The summed E-state index contributed by atoms with van der Waals surface area (Å²) in [5, 5.41) is 9.14. The van der Waals surface area contributed by atoms with Crippen LogP contribution in [-0.2, 0) is 16.0 Å². The molecule has 2 rings (SSSR count). The zero-order valence-electron chi connectivity index (χ0n) is 15.2. The Labute approximate surface area is 153 Å². The molecular weight excluding hydrogens is 335 g/mol. The van der Waals surface area contributed by atoms with Crippen LogP contribution in [-0.4, -0.2) is 38.3 Å². The molecule has 0 saturated carbocycles. The van der Waals surface area contributed by atoms with E-state index in [1.165, 1.54) is 12.1 Å². The molecule has 0 unspecified atom stereocenters. The number of aryl methyl sites for hydroxylation is 1. The Hall–Kier alpha value is -2.50. The van der Waals surface area contributed by atoms with E-state index in [2.05, 4.69) is 6.58 Å². The molecule has 0 radical (unpaired) electrons. The number of carbonyl (C=O) groups is 1. The Kier molecular flexibility index (Phi) is 9.90. The third kappa shape index (κ3) is 6.78. The van der Waals surface area contributed by atoms with E-state index < -0.39 is 0 Å². The molecule has 0 aliphatic carbocycles. The number of methoxy groups -OCH3 is 1. The third-order valence-electron chi connectivity index (χ3n) is 3.53. The summed E-state index contributed by atoms with van der Waals surface area (Å²) < 4.78 is 24.8. The topological polar surface area (TPSA) is 55.8 Å². The molecule has 0 aliphatic rings. The summed E-state index contributed by atoms with van der Waals surface area (Å²) >= 11 is 0. The van der Waals surface area contributed by atoms with Crippen molar-refractivity contribution in [1.82, 2.24) is 0 Å². The maximum absolute atomic E-state index is 14.1. The van der Waals surface area contributed by atoms with E-state index in [-0.39, 0.29) is 12.4 Å². The Balaban J connectivity index is 0.000000765. The Morgan fingerprint density at radius 3 is 2.50 bits per heavy atom. The molecule has 0 atom stereocenters. The van der Waals surface area contributed by atoms with Gasteiger partial charge >= 0.3 is 0 Å². The number of aliphatic hydroxyl groups excluding tert-OH is 1. The maximum atomic E-state index is 14.1. The van der Waals surface area contributed by atoms with Gasteiger partial charge in [-0.05, 0) is 48.2 Å². The Bertz CT molecular complexity index is 707. The van der Waals surface area contributed by atoms with Gasteiger partial charge in [-0.2, -0.15) is 0 Å². The first-order valence-electron chi connectivity index (χ1n) is 8.25. The highest BCUT2D eigenvalue weighted by molar-refractivity contribution is 5.67. The van der Waals surface area contributed by atoms with Gasteiger partial charge < -0.3 is 14.6 Å². The van der Waals surface area contributed by atoms with Crippen molar-refractivity contribution in [3.63, 3.8) is 0 Å². The van der Waals surface area contributed by atoms with Crippen molar-refractivity contribution >= 4 is 6.29 Å². The quantitative estimate of drug-likeness (QED) is 0.443. The first-order chi connectivity index (χ1) is 12.6. The number of allylic oxidation sites excluding steroid dienone is 1. The largest absolute Gasteiger partial charge is 0.491 e. The van der Waals surface area contributed by atoms with Crippen molar-refractivity contribution in [2.24, 2.45) is 0 Å². The second kappa shape index (κ2) is 12.0. The molecule has 2 aromatic carbocycles. The van der Waals surface area contributed by atoms with Gasteiger partial charge in [-0.3, -0.25) is 4.79 Å². The summed E-state index contributed by atoms with van der Waals surface area (Å²) in [7, 11) is 1.61. The lowest BCUT2D eigenvalue weighted by molar-refractivity contribution is -0.104. The number of halogens is 1. The smallest absolute Gasteiger partial charge is 0.142 e. The molecule has 0 aromatic heterocycles. The summed E-state index contributed by atoms with van der Waals surface area (Å²) in [6.07, 6.45) is 2.33. The monoisotopic (exact) mass is 360 g/mol. The molecule has 0 spiro atoms. The van der Waals surface area contributed by atoms with Gasteiger partial charge in [0.05, 0.1) is 6.61 Å². The summed E-state index contributed by atoms with van der Waals surface area (Å²) in [6, 6.07) is 10.7. The average Bonchev–Trinajstić information content (AvgIpc) is 2.64. The van der Waals surface area contributed by atoms with E-state index in [4.69, 9.17) is 19.4 Å². The van der Waals surface area contributed by atoms with Gasteiger partial charge in [0.2, 0.25) is 0 Å². The second-order valence-corrected chi connectivity index (χ2v) is 5.49. The zero-order chi connectivity index (χ0) is 19.4. The highest BCUT2D eigenvalue weighted by Crippen LogP contribution is 2.30. The van der Waals surface area contributed by atoms with Crippen LogP contribution in [0.4, 0.5) is 4.39 Å². The van der Waals surface area contributed by atoms with Crippen LogP contribution in [0.15, 0.2) is 49.1 Å². The maximum Gasteiger partial charge on any atom is 0.142 e. The number of benzene rings is 2. The first-order valence-corrected chi connectivity index (χ1v) is 8.25. The van der Waals surface area contributed by atoms with Crippen LogP contribution >= 0.6 is 0 Å². The fourth-order valence-corrected chi connectivity index (χ4v) is 2.27. The number of hydrogen-bond acceptors (Lipinski definition) is 4. The summed E-state index contributed by atoms with van der Waals surface area (Å²) in [4.78, 5) is 9.06. The van der Waals surface area contributed by atoms with E-state index in [0.717, 1.165) is 16.7 Å². The number of hydrogen-bond donors (Lipinski definition) is 1. The van der Waals surface area contributed by atoms with E-state index in [1.54, 1.807) is 13.2 Å². The van der Waals surface area contributed by atoms with E-state index in [9.17, 15) is 4.39 Å². The normalized spacial score (nSPS) is 9.85. The van der Waals surface area contributed by atoms with Crippen molar-refractivity contribution in [2.45, 2.75) is 13.3 Å². The summed E-state index contributed by atoms with van der Waals surface area (Å²) in [5.74, 6) is 0.404. The van der Waals surface area contributed by atoms with Crippen LogP contribution in [0.25, 0.3) is 11.1 Å². The first kappa shape index (κ1) is 21.5. The number of rotatable bonds is 8. The average molecular weight is 360 g/mol. The van der Waals surface area contributed by atoms with Crippen LogP contribution in [0.2, 0.25) is 0 Å². The highest BCUT2D eigenvalue weighted by Gasteiger charge is 2.10. The molecular formula is C21H25FO4. The molecule has 0 saturated heterocycles. The molecule has 5 heteroatoms. The SMILES string of the molecule is C=CC=O.COCCOc1cc(-c2ccc(C)cc2F)ccc1CCO. The van der Waals surface area contributed by atoms with Gasteiger partial charge in [0.15, 0.2) is 0 Å². The molecule has 0 aliphatic heterocycles. The lowest BCUT2D eigenvalue weighted by atomic mass is 10.0. The van der Waals surface area contributed by atoms with Crippen LogP contribution in [0.5, 0.6) is 5.75 Å². The minimum atomic E-state index is -0.252. The fraction of sp³-hybridized carbons (Fsp3) is 0.286. The molecule has 0 bridgehead atoms. The lowest BCUT2D eigenvalue weighted by Gasteiger charge is -2.13. The van der Waals surface area contributed by atoms with Crippen LogP contribution in [0.3, 0.4) is 0 Å². The molecule has 140 valence electrons. The lowest BCUT2D eigenvalue weighted by Crippen LogP contribution is -2.07. The molecule has 0 fully saturated rings. The Morgan fingerprint density at radius 1 is 1.19 bits per heavy atom. The number of ether oxygens (including phenoxy) is 2. The predicted molar refractivity (Wildman–Crippen MR) is 101 cm³/mol. The van der Waals surface area contributed by atoms with Crippen LogP contribution in [0, 0.1) is 12.7 Å². The van der Waals surface area contributed by atoms with Gasteiger partial charge in [-0.1, -0.05) is 30.8 Å². The van der Waals surface area contributed by atoms with Gasteiger partial charge in [0.1, 0.15) is 24.5 Å². The van der Waals surface area contributed by atoms with Crippen molar-refractivity contribution in [3.05, 3.63) is 66.0 Å². The minimum absolute atomic E-state index is 0.0406. The van der Waals surface area contributed by atoms with Crippen LogP contribution < -0.4 is 4.74 Å². The number of aliphatic hydroxyl groups is 1. The van der Waals surface area contributed by atoms with Crippen molar-refractivity contribution in [3.8, 4) is 16.9 Å². The molecule has 0 heterocycles. The molecule has 1 N–H and O–H groups in total. The number of carbonyl (C=O) groups excluding carboxylic acids is 1. The number of aldehydes is 1. The Morgan fingerprint density at radius 2 is 1.92 bits per heavy atom. The van der Waals surface area contributed by atoms with E-state index in [1.807, 2.05) is 31.2 Å². The van der Waals surface area contributed by atoms with Gasteiger partial charge in [0, 0.05) is 19.3 Å². The van der Waals surface area contributed by atoms with Gasteiger partial charge in [0.25, 0.3) is 0 Å². The van der Waals surface area contributed by atoms with Crippen molar-refractivity contribution in [2.75, 3.05) is 26.9 Å². The summed E-state index contributed by atoms with van der Waals surface area (Å²) in [6.45, 7) is 5.89. The molecule has 2 aromatic rings. The van der Waals surface area contributed by atoms with Gasteiger partial charge in [-0.25, -0.2) is 4.39 Å². The molecule has 4 nitrogen and oxygen atoms in total. The minimum Gasteiger partial charge on any atom is -0.491 e. The van der Waals surface area contributed by atoms with E-state index in [0.29, 0.717) is 37.2 Å². The van der Waals surface area contributed by atoms with Crippen molar-refractivity contribution < 1.29 is 23.8 Å². The van der Waals surface area contributed by atoms with Crippen molar-refractivity contribution in [1.29, 1.82) is 0 Å². The zero-order valence-corrected chi connectivity index (χ0v) is 15.2. The standard InChI is InChI=1S/C18H21FO3.C3H4O/c1-13-3-6-16(17(19)11-13)15-5-4-14(7-8-20)18(12-15)22-10-9-21-2;1-2-3-4/h3-6,11-12,20H,7-10H2,1-2H3;2-3H,1H2. The third-order valence-corrected chi connectivity index (χ3v) is 3.53. The molecule has 26 heavy (non-hydrogen) atoms.